The van der Waals surface area contributed by atoms with Crippen molar-refractivity contribution in [2.45, 2.75) is 31.2 Å². The molecule has 1 aliphatic rings. The summed E-state index contributed by atoms with van der Waals surface area (Å²) in [6, 6.07) is 8.05. The van der Waals surface area contributed by atoms with Crippen LogP contribution in [0.2, 0.25) is 0 Å². The zero-order valence-corrected chi connectivity index (χ0v) is 11.0. The molecule has 0 heterocycles. The van der Waals surface area contributed by atoms with Gasteiger partial charge in [-0.05, 0) is 24.0 Å². The monoisotopic (exact) mass is 253 g/mol. The van der Waals surface area contributed by atoms with Crippen LogP contribution in [0.3, 0.4) is 0 Å². The summed E-state index contributed by atoms with van der Waals surface area (Å²) >= 11 is 0. The summed E-state index contributed by atoms with van der Waals surface area (Å²) in [7, 11) is -2.94. The molecule has 0 bridgehead atoms. The lowest BCUT2D eigenvalue weighted by molar-refractivity contribution is 0.274. The van der Waals surface area contributed by atoms with Gasteiger partial charge in [-0.15, -0.1) is 0 Å². The minimum atomic E-state index is -2.94. The van der Waals surface area contributed by atoms with Crippen molar-refractivity contribution in [1.82, 2.24) is 0 Å². The van der Waals surface area contributed by atoms with E-state index in [0.29, 0.717) is 6.54 Å². The third-order valence-electron chi connectivity index (χ3n) is 3.62. The van der Waals surface area contributed by atoms with E-state index in [1.807, 2.05) is 18.2 Å². The highest BCUT2D eigenvalue weighted by Crippen LogP contribution is 2.44. The Bertz CT molecular complexity index is 504. The van der Waals surface area contributed by atoms with Crippen LogP contribution in [0.1, 0.15) is 30.4 Å². The lowest BCUT2D eigenvalue weighted by Crippen LogP contribution is -2.40. The van der Waals surface area contributed by atoms with E-state index in [1.54, 1.807) is 0 Å². The number of nitrogens with two attached hydrogens (primary N) is 1. The maximum absolute atomic E-state index is 11.5. The third kappa shape index (κ3) is 2.69. The number of benzene rings is 1. The van der Waals surface area contributed by atoms with Gasteiger partial charge in [-0.1, -0.05) is 30.7 Å². The van der Waals surface area contributed by atoms with Crippen LogP contribution in [0.5, 0.6) is 0 Å². The van der Waals surface area contributed by atoms with Crippen molar-refractivity contribution in [2.75, 3.05) is 12.0 Å². The molecule has 3 nitrogen and oxygen atoms in total. The molecule has 94 valence electrons. The molecule has 0 unspecified atom stereocenters. The number of sulfone groups is 1. The second-order valence-corrected chi connectivity index (χ2v) is 7.25. The fourth-order valence-corrected chi connectivity index (χ4v) is 4.11. The van der Waals surface area contributed by atoms with E-state index < -0.39 is 9.84 Å². The Balaban J connectivity index is 2.34. The van der Waals surface area contributed by atoms with Crippen LogP contribution in [-0.2, 0) is 21.8 Å². The van der Waals surface area contributed by atoms with Gasteiger partial charge in [0.2, 0.25) is 0 Å². The Labute approximate surface area is 103 Å². The molecule has 0 aromatic heterocycles. The van der Waals surface area contributed by atoms with Crippen molar-refractivity contribution in [3.8, 4) is 0 Å². The molecular formula is C13H19NO2S. The average molecular weight is 253 g/mol. The molecule has 1 aliphatic carbocycles. The van der Waals surface area contributed by atoms with Gasteiger partial charge >= 0.3 is 0 Å². The molecule has 2 N–H and O–H groups in total. The van der Waals surface area contributed by atoms with E-state index in [0.717, 1.165) is 30.4 Å². The molecule has 0 atom stereocenters. The van der Waals surface area contributed by atoms with Crippen LogP contribution < -0.4 is 5.73 Å². The van der Waals surface area contributed by atoms with Crippen molar-refractivity contribution in [3.63, 3.8) is 0 Å². The lowest BCUT2D eigenvalue weighted by Gasteiger charge is -2.42. The van der Waals surface area contributed by atoms with Crippen LogP contribution in [0.4, 0.5) is 0 Å². The maximum Gasteiger partial charge on any atom is 0.148 e. The molecule has 1 fully saturated rings. The van der Waals surface area contributed by atoms with Gasteiger partial charge in [0.15, 0.2) is 0 Å². The number of rotatable bonds is 4. The van der Waals surface area contributed by atoms with Gasteiger partial charge in [0, 0.05) is 18.2 Å². The first kappa shape index (κ1) is 12.6. The summed E-state index contributed by atoms with van der Waals surface area (Å²) in [6.45, 7) is 0.503. The molecule has 2 rings (SSSR count). The summed E-state index contributed by atoms with van der Waals surface area (Å²) in [5.74, 6) is 0.258. The molecule has 17 heavy (non-hydrogen) atoms. The molecule has 0 saturated heterocycles. The van der Waals surface area contributed by atoms with Gasteiger partial charge < -0.3 is 5.73 Å². The van der Waals surface area contributed by atoms with Gasteiger partial charge in [-0.3, -0.25) is 0 Å². The molecule has 1 saturated carbocycles. The van der Waals surface area contributed by atoms with Gasteiger partial charge in [0.05, 0.1) is 5.75 Å². The molecule has 1 aromatic rings. The highest BCUT2D eigenvalue weighted by atomic mass is 32.2. The molecule has 4 heteroatoms. The summed E-state index contributed by atoms with van der Waals surface area (Å²) in [5, 5.41) is 0. The molecular weight excluding hydrogens is 234 g/mol. The van der Waals surface area contributed by atoms with Crippen molar-refractivity contribution < 1.29 is 8.42 Å². The smallest absolute Gasteiger partial charge is 0.148 e. The van der Waals surface area contributed by atoms with E-state index in [4.69, 9.17) is 5.73 Å². The highest BCUT2D eigenvalue weighted by molar-refractivity contribution is 7.90. The second-order valence-electron chi connectivity index (χ2n) is 5.11. The first-order chi connectivity index (χ1) is 7.95. The van der Waals surface area contributed by atoms with Crippen LogP contribution >= 0.6 is 0 Å². The molecule has 0 radical (unpaired) electrons. The molecule has 1 aromatic carbocycles. The quantitative estimate of drug-likeness (QED) is 0.887. The molecule has 0 aliphatic heterocycles. The first-order valence-electron chi connectivity index (χ1n) is 5.92. The van der Waals surface area contributed by atoms with Crippen LogP contribution in [-0.4, -0.2) is 20.4 Å². The minimum Gasteiger partial charge on any atom is -0.326 e. The standard InChI is InChI=1S/C13H19NO2S/c1-17(15,16)10-13(6-3-7-13)12-5-2-4-11(8-12)9-14/h2,4-5,8H,3,6-7,9-10,14H2,1H3. The predicted octanol–water partition coefficient (Wildman–Crippen LogP) is 1.61. The highest BCUT2D eigenvalue weighted by Gasteiger charge is 2.41. The SMILES string of the molecule is CS(=O)(=O)CC1(c2cccc(CN)c2)CCC1. The van der Waals surface area contributed by atoms with E-state index in [-0.39, 0.29) is 11.2 Å². The van der Waals surface area contributed by atoms with Crippen LogP contribution in [0, 0.1) is 0 Å². The lowest BCUT2D eigenvalue weighted by atomic mass is 9.65. The van der Waals surface area contributed by atoms with Gasteiger partial charge in [-0.2, -0.15) is 0 Å². The van der Waals surface area contributed by atoms with Crippen LogP contribution in [0.25, 0.3) is 0 Å². The van der Waals surface area contributed by atoms with Gasteiger partial charge in [0.1, 0.15) is 9.84 Å². The zero-order valence-electron chi connectivity index (χ0n) is 10.1. The Hall–Kier alpha value is -0.870. The average Bonchev–Trinajstić information content (AvgIpc) is 2.22. The van der Waals surface area contributed by atoms with Crippen molar-refractivity contribution >= 4 is 9.84 Å². The second kappa shape index (κ2) is 4.42. The van der Waals surface area contributed by atoms with Gasteiger partial charge in [-0.25, -0.2) is 8.42 Å². The maximum atomic E-state index is 11.5. The molecule has 0 amide bonds. The number of hydrogen-bond donors (Lipinski definition) is 1. The number of hydrogen-bond acceptors (Lipinski definition) is 3. The Morgan fingerprint density at radius 3 is 2.53 bits per heavy atom. The fraction of sp³-hybridized carbons (Fsp3) is 0.538. The third-order valence-corrected chi connectivity index (χ3v) is 4.70. The van der Waals surface area contributed by atoms with Crippen molar-refractivity contribution in [1.29, 1.82) is 0 Å². The summed E-state index contributed by atoms with van der Waals surface area (Å²) in [5.41, 5.74) is 7.68. The topological polar surface area (TPSA) is 60.2 Å². The summed E-state index contributed by atoms with van der Waals surface area (Å²) in [4.78, 5) is 0. The first-order valence-corrected chi connectivity index (χ1v) is 7.98. The Morgan fingerprint density at radius 2 is 2.06 bits per heavy atom. The summed E-state index contributed by atoms with van der Waals surface area (Å²) < 4.78 is 23.1. The van der Waals surface area contributed by atoms with Crippen molar-refractivity contribution in [3.05, 3.63) is 35.4 Å². The van der Waals surface area contributed by atoms with E-state index in [2.05, 4.69) is 6.07 Å². The summed E-state index contributed by atoms with van der Waals surface area (Å²) in [6.07, 6.45) is 4.37. The minimum absolute atomic E-state index is 0.154. The van der Waals surface area contributed by atoms with Crippen molar-refractivity contribution in [2.24, 2.45) is 5.73 Å². The normalized spacial score (nSPS) is 18.7. The zero-order chi connectivity index (χ0) is 12.5. The van der Waals surface area contributed by atoms with E-state index >= 15 is 0 Å². The van der Waals surface area contributed by atoms with E-state index in [1.165, 1.54) is 6.26 Å². The Kier molecular flexibility index (Phi) is 3.27. The van der Waals surface area contributed by atoms with Gasteiger partial charge in [0.25, 0.3) is 0 Å². The van der Waals surface area contributed by atoms with Crippen LogP contribution in [0.15, 0.2) is 24.3 Å². The predicted molar refractivity (Wildman–Crippen MR) is 69.6 cm³/mol. The largest absolute Gasteiger partial charge is 0.326 e. The fourth-order valence-electron chi connectivity index (χ4n) is 2.65. The Morgan fingerprint density at radius 1 is 1.35 bits per heavy atom. The van der Waals surface area contributed by atoms with E-state index in [9.17, 15) is 8.42 Å². The molecule has 0 spiro atoms.